The van der Waals surface area contributed by atoms with Gasteiger partial charge in [0.2, 0.25) is 0 Å². The first kappa shape index (κ1) is 17.7. The van der Waals surface area contributed by atoms with Crippen molar-refractivity contribution in [2.45, 2.75) is 51.9 Å². The van der Waals surface area contributed by atoms with Gasteiger partial charge in [0.05, 0.1) is 13.2 Å². The Balaban J connectivity index is 1.58. The van der Waals surface area contributed by atoms with Gasteiger partial charge in [-0.3, -0.25) is 4.90 Å². The first-order chi connectivity index (χ1) is 11.6. The fourth-order valence-electron chi connectivity index (χ4n) is 4.09. The minimum absolute atomic E-state index is 0.0205. The molecule has 4 heteroatoms. The van der Waals surface area contributed by atoms with E-state index in [0.717, 1.165) is 39.1 Å². The second kappa shape index (κ2) is 8.32. The summed E-state index contributed by atoms with van der Waals surface area (Å²) in [6.45, 7) is 8.43. The molecule has 1 unspecified atom stereocenters. The molecule has 0 bridgehead atoms. The molecule has 2 heterocycles. The van der Waals surface area contributed by atoms with Crippen molar-refractivity contribution in [3.8, 4) is 5.75 Å². The fraction of sp³-hybridized carbons (Fsp3) is 0.700. The molecule has 0 aromatic heterocycles. The highest BCUT2D eigenvalue weighted by molar-refractivity contribution is 5.30. The summed E-state index contributed by atoms with van der Waals surface area (Å²) in [5.74, 6) is 1.68. The van der Waals surface area contributed by atoms with E-state index in [4.69, 9.17) is 9.47 Å². The van der Waals surface area contributed by atoms with Crippen LogP contribution in [0.1, 0.15) is 51.1 Å². The van der Waals surface area contributed by atoms with E-state index >= 15 is 0 Å². The predicted octanol–water partition coefficient (Wildman–Crippen LogP) is 3.95. The number of aromatic hydroxyl groups is 1. The van der Waals surface area contributed by atoms with Gasteiger partial charge in [-0.2, -0.15) is 0 Å². The summed E-state index contributed by atoms with van der Waals surface area (Å²) in [7, 11) is 0. The Bertz CT molecular complexity index is 515. The first-order valence-corrected chi connectivity index (χ1v) is 9.41. The number of hydrogen-bond donors (Lipinski definition) is 1. The third kappa shape index (κ3) is 4.29. The Hall–Kier alpha value is -1.10. The van der Waals surface area contributed by atoms with Crippen LogP contribution in [0.3, 0.4) is 0 Å². The normalized spacial score (nSPS) is 29.2. The largest absolute Gasteiger partial charge is 0.508 e. The minimum Gasteiger partial charge on any atom is -0.508 e. The van der Waals surface area contributed by atoms with Gasteiger partial charge in [0, 0.05) is 6.04 Å². The summed E-state index contributed by atoms with van der Waals surface area (Å²) in [6.07, 6.45) is 4.58. The van der Waals surface area contributed by atoms with E-state index in [2.05, 4.69) is 24.8 Å². The third-order valence-electron chi connectivity index (χ3n) is 5.70. The van der Waals surface area contributed by atoms with E-state index in [0.29, 0.717) is 23.6 Å². The molecule has 1 N–H and O–H groups in total. The van der Waals surface area contributed by atoms with Crippen molar-refractivity contribution in [3.63, 3.8) is 0 Å². The van der Waals surface area contributed by atoms with Gasteiger partial charge in [-0.05, 0) is 68.3 Å². The summed E-state index contributed by atoms with van der Waals surface area (Å²) >= 11 is 0. The molecule has 2 aliphatic heterocycles. The van der Waals surface area contributed by atoms with E-state index in [1.165, 1.54) is 18.4 Å². The van der Waals surface area contributed by atoms with Crippen LogP contribution in [0.2, 0.25) is 0 Å². The second-order valence-corrected chi connectivity index (χ2v) is 7.37. The van der Waals surface area contributed by atoms with Gasteiger partial charge in [-0.25, -0.2) is 0 Å². The molecule has 1 aromatic carbocycles. The highest BCUT2D eigenvalue weighted by atomic mass is 16.7. The maximum atomic E-state index is 9.87. The third-order valence-corrected chi connectivity index (χ3v) is 5.70. The number of ether oxygens (including phenoxy) is 2. The van der Waals surface area contributed by atoms with Gasteiger partial charge in [-0.1, -0.05) is 26.0 Å². The standard InChI is InChI=1S/C20H31NO3/c1-15-9-11-21(10-4-3-8-19-23-12-13-24-19)20(16(15)2)17-6-5-7-18(22)14-17/h5-7,14-16,19-20,22H,3-4,8-13H2,1-2H3/t15-,16+,20?/m0/s1. The molecule has 2 fully saturated rings. The van der Waals surface area contributed by atoms with Crippen molar-refractivity contribution in [1.29, 1.82) is 0 Å². The molecule has 0 amide bonds. The molecule has 3 rings (SSSR count). The number of likely N-dealkylation sites (tertiary alicyclic amines) is 1. The Kier molecular flexibility index (Phi) is 6.14. The van der Waals surface area contributed by atoms with Gasteiger partial charge < -0.3 is 14.6 Å². The molecule has 0 radical (unpaired) electrons. The number of unbranched alkanes of at least 4 members (excludes halogenated alkanes) is 1. The van der Waals surface area contributed by atoms with Crippen LogP contribution in [0, 0.1) is 11.8 Å². The van der Waals surface area contributed by atoms with E-state index in [1.54, 1.807) is 6.07 Å². The Morgan fingerprint density at radius 1 is 1.17 bits per heavy atom. The summed E-state index contributed by atoms with van der Waals surface area (Å²) in [4.78, 5) is 2.61. The number of nitrogens with zero attached hydrogens (tertiary/aromatic N) is 1. The number of phenols is 1. The SMILES string of the molecule is C[C@H]1CCN(CCCCC2OCCO2)C(c2cccc(O)c2)[C@@H]1C. The maximum absolute atomic E-state index is 9.87. The van der Waals surface area contributed by atoms with Crippen molar-refractivity contribution < 1.29 is 14.6 Å². The van der Waals surface area contributed by atoms with Crippen LogP contribution in [0.25, 0.3) is 0 Å². The van der Waals surface area contributed by atoms with Crippen LogP contribution < -0.4 is 0 Å². The minimum atomic E-state index is 0.0205. The molecular formula is C20H31NO3. The van der Waals surface area contributed by atoms with E-state index in [9.17, 15) is 5.11 Å². The average molecular weight is 333 g/mol. The van der Waals surface area contributed by atoms with Gasteiger partial charge in [0.15, 0.2) is 6.29 Å². The molecule has 24 heavy (non-hydrogen) atoms. The lowest BCUT2D eigenvalue weighted by Crippen LogP contribution is -2.42. The number of phenolic OH excluding ortho intramolecular Hbond substituents is 1. The summed E-state index contributed by atoms with van der Waals surface area (Å²) < 4.78 is 11.0. The molecule has 4 nitrogen and oxygen atoms in total. The van der Waals surface area contributed by atoms with Crippen LogP contribution in [0.15, 0.2) is 24.3 Å². The summed E-state index contributed by atoms with van der Waals surface area (Å²) in [5.41, 5.74) is 1.25. The lowest BCUT2D eigenvalue weighted by Gasteiger charge is -2.44. The van der Waals surface area contributed by atoms with Gasteiger partial charge in [0.1, 0.15) is 5.75 Å². The lowest BCUT2D eigenvalue weighted by atomic mass is 9.79. The van der Waals surface area contributed by atoms with Crippen molar-refractivity contribution in [1.82, 2.24) is 4.90 Å². The highest BCUT2D eigenvalue weighted by Crippen LogP contribution is 2.39. The van der Waals surface area contributed by atoms with Crippen molar-refractivity contribution in [3.05, 3.63) is 29.8 Å². The smallest absolute Gasteiger partial charge is 0.157 e. The molecule has 134 valence electrons. The first-order valence-electron chi connectivity index (χ1n) is 9.41. The van der Waals surface area contributed by atoms with Crippen LogP contribution in [0.4, 0.5) is 0 Å². The zero-order valence-electron chi connectivity index (χ0n) is 15.0. The van der Waals surface area contributed by atoms with Crippen LogP contribution in [-0.2, 0) is 9.47 Å². The monoisotopic (exact) mass is 333 g/mol. The van der Waals surface area contributed by atoms with E-state index in [1.807, 2.05) is 12.1 Å². The number of benzene rings is 1. The van der Waals surface area contributed by atoms with Crippen molar-refractivity contribution in [2.24, 2.45) is 11.8 Å². The number of piperidine rings is 1. The molecule has 0 spiro atoms. The second-order valence-electron chi connectivity index (χ2n) is 7.37. The van der Waals surface area contributed by atoms with Crippen LogP contribution >= 0.6 is 0 Å². The van der Waals surface area contributed by atoms with Crippen LogP contribution in [0.5, 0.6) is 5.75 Å². The van der Waals surface area contributed by atoms with Gasteiger partial charge >= 0.3 is 0 Å². The topological polar surface area (TPSA) is 41.9 Å². The van der Waals surface area contributed by atoms with Gasteiger partial charge in [0.25, 0.3) is 0 Å². The zero-order chi connectivity index (χ0) is 16.9. The van der Waals surface area contributed by atoms with Crippen molar-refractivity contribution in [2.75, 3.05) is 26.3 Å². The quantitative estimate of drug-likeness (QED) is 0.800. The Morgan fingerprint density at radius 2 is 1.96 bits per heavy atom. The molecule has 0 saturated carbocycles. The van der Waals surface area contributed by atoms with E-state index < -0.39 is 0 Å². The molecule has 2 aliphatic rings. The molecule has 2 saturated heterocycles. The molecule has 1 aromatic rings. The number of rotatable bonds is 6. The average Bonchev–Trinajstić information content (AvgIpc) is 3.08. The van der Waals surface area contributed by atoms with Crippen LogP contribution in [-0.4, -0.2) is 42.6 Å². The fourth-order valence-corrected chi connectivity index (χ4v) is 4.09. The number of hydrogen-bond acceptors (Lipinski definition) is 4. The maximum Gasteiger partial charge on any atom is 0.157 e. The highest BCUT2D eigenvalue weighted by Gasteiger charge is 2.33. The summed E-state index contributed by atoms with van der Waals surface area (Å²) in [6, 6.07) is 8.22. The summed E-state index contributed by atoms with van der Waals surface area (Å²) in [5, 5.41) is 9.87. The predicted molar refractivity (Wildman–Crippen MR) is 94.9 cm³/mol. The Morgan fingerprint density at radius 3 is 2.71 bits per heavy atom. The Labute approximate surface area is 145 Å². The lowest BCUT2D eigenvalue weighted by molar-refractivity contribution is -0.0486. The van der Waals surface area contributed by atoms with E-state index in [-0.39, 0.29) is 6.29 Å². The molecule has 3 atom stereocenters. The van der Waals surface area contributed by atoms with Crippen molar-refractivity contribution >= 4 is 0 Å². The zero-order valence-corrected chi connectivity index (χ0v) is 15.0. The molecule has 0 aliphatic carbocycles. The van der Waals surface area contributed by atoms with Gasteiger partial charge in [-0.15, -0.1) is 0 Å². The molecular weight excluding hydrogens is 302 g/mol.